The summed E-state index contributed by atoms with van der Waals surface area (Å²) < 4.78 is 17.8. The van der Waals surface area contributed by atoms with Crippen LogP contribution in [0, 0.1) is 17.7 Å². The van der Waals surface area contributed by atoms with Gasteiger partial charge in [-0.05, 0) is 31.9 Å². The molecule has 0 bridgehead atoms. The minimum Gasteiger partial charge on any atom is -0.477 e. The third-order valence-electron chi connectivity index (χ3n) is 9.03. The van der Waals surface area contributed by atoms with Crippen molar-refractivity contribution in [3.63, 3.8) is 0 Å². The Labute approximate surface area is 272 Å². The molecule has 15 heteroatoms. The van der Waals surface area contributed by atoms with Gasteiger partial charge in [0.1, 0.15) is 21.4 Å². The van der Waals surface area contributed by atoms with E-state index in [1.54, 1.807) is 17.6 Å². The number of halogens is 1. The van der Waals surface area contributed by atoms with E-state index in [-0.39, 0.29) is 40.6 Å². The lowest BCUT2D eigenvalue weighted by atomic mass is 9.79. The normalized spacial score (nSPS) is 23.8. The second-order valence-electron chi connectivity index (χ2n) is 11.8. The maximum Gasteiger partial charge on any atom is 0.353 e. The Kier molecular flexibility index (Phi) is 8.65. The molecular weight excluding hydrogens is 644 g/mol. The number of piperazine rings is 1. The summed E-state index contributed by atoms with van der Waals surface area (Å²) in [6.45, 7) is 5.58. The molecule has 0 unspecified atom stereocenters. The van der Waals surface area contributed by atoms with Gasteiger partial charge >= 0.3 is 11.9 Å². The van der Waals surface area contributed by atoms with Crippen molar-refractivity contribution in [2.45, 2.75) is 44.9 Å². The number of aliphatic hydroxyl groups is 1. The predicted molar refractivity (Wildman–Crippen MR) is 174 cm³/mol. The first-order valence-corrected chi connectivity index (χ1v) is 17.2. The van der Waals surface area contributed by atoms with Gasteiger partial charge in [0.2, 0.25) is 11.3 Å². The van der Waals surface area contributed by atoms with Crippen LogP contribution in [0.3, 0.4) is 0 Å². The van der Waals surface area contributed by atoms with Gasteiger partial charge < -0.3 is 34.6 Å². The lowest BCUT2D eigenvalue weighted by molar-refractivity contribution is -0.163. The summed E-state index contributed by atoms with van der Waals surface area (Å²) in [6.07, 6.45) is 2.27. The van der Waals surface area contributed by atoms with Gasteiger partial charge in [0.25, 0.3) is 0 Å². The highest BCUT2D eigenvalue weighted by Gasteiger charge is 2.59. The summed E-state index contributed by atoms with van der Waals surface area (Å²) >= 11 is 8.57. The number of fused-ring (bicyclic) bond motifs is 2. The zero-order valence-corrected chi connectivity index (χ0v) is 27.1. The first-order valence-electron chi connectivity index (χ1n) is 14.8. The van der Waals surface area contributed by atoms with Gasteiger partial charge in [-0.3, -0.25) is 9.59 Å². The molecule has 1 saturated carbocycles. The molecule has 3 aliphatic heterocycles. The van der Waals surface area contributed by atoms with E-state index in [2.05, 4.69) is 4.90 Å². The standard InChI is InChI=1S/C30H33FN4O7S3/c1-14-23-22(15(2)36)27(38)35(23)24(29(41)42)26(14)44-9-10-45-30(43)33-7-5-32(6-8-33)21-12-20-17(11-19(21)31)25(37)18(28(39)40)13-34(20)16-3-4-16/h11-16,22-23,36H,3-10H2,1-2H3,(H,39,40)(H,41,42)/t14-,15+,22-,23-/m0/s1. The molecule has 3 fully saturated rings. The molecule has 3 N–H and O–H groups in total. The molecule has 2 saturated heterocycles. The van der Waals surface area contributed by atoms with Gasteiger partial charge in [0, 0.05) is 66.1 Å². The van der Waals surface area contributed by atoms with Crippen LogP contribution >= 0.6 is 35.7 Å². The van der Waals surface area contributed by atoms with Crippen molar-refractivity contribution in [2.24, 2.45) is 11.8 Å². The number of aromatic nitrogens is 1. The van der Waals surface area contributed by atoms with Crippen LogP contribution in [0.15, 0.2) is 33.7 Å². The van der Waals surface area contributed by atoms with Gasteiger partial charge in [0.15, 0.2) is 0 Å². The maximum absolute atomic E-state index is 15.3. The van der Waals surface area contributed by atoms with Gasteiger partial charge in [0.05, 0.1) is 29.3 Å². The molecule has 2 aromatic rings. The van der Waals surface area contributed by atoms with Crippen molar-refractivity contribution in [2.75, 3.05) is 42.6 Å². The number of aliphatic hydroxyl groups excluding tert-OH is 1. The number of hydrogen-bond donors (Lipinski definition) is 3. The van der Waals surface area contributed by atoms with Crippen molar-refractivity contribution < 1.29 is 34.1 Å². The number of carboxylic acids is 2. The highest BCUT2D eigenvalue weighted by atomic mass is 32.2. The molecule has 1 aliphatic carbocycles. The molecule has 1 amide bonds. The number of aromatic carboxylic acids is 1. The van der Waals surface area contributed by atoms with Crippen molar-refractivity contribution in [3.8, 4) is 0 Å². The molecular formula is C30H33FN4O7S3. The molecule has 11 nitrogen and oxygen atoms in total. The molecule has 4 heterocycles. The number of thioether (sulfide) groups is 2. The number of carbonyl (C=O) groups is 3. The zero-order valence-electron chi connectivity index (χ0n) is 24.6. The third kappa shape index (κ3) is 5.61. The molecule has 4 aliphatic rings. The lowest BCUT2D eigenvalue weighted by Gasteiger charge is -2.46. The summed E-state index contributed by atoms with van der Waals surface area (Å²) in [4.78, 5) is 54.9. The fourth-order valence-corrected chi connectivity index (χ4v) is 9.21. The maximum atomic E-state index is 15.3. The van der Waals surface area contributed by atoms with Crippen molar-refractivity contribution in [1.29, 1.82) is 0 Å². The Morgan fingerprint density at radius 2 is 1.78 bits per heavy atom. The first kappa shape index (κ1) is 31.8. The number of thiocarbonyl (C=S) groups is 1. The number of hydrogen-bond acceptors (Lipinski definition) is 9. The van der Waals surface area contributed by atoms with Gasteiger partial charge in [-0.25, -0.2) is 14.0 Å². The van der Waals surface area contributed by atoms with Crippen molar-refractivity contribution in [3.05, 3.63) is 50.5 Å². The highest BCUT2D eigenvalue weighted by Crippen LogP contribution is 2.50. The smallest absolute Gasteiger partial charge is 0.353 e. The van der Waals surface area contributed by atoms with E-state index < -0.39 is 35.2 Å². The van der Waals surface area contributed by atoms with Crippen LogP contribution in [0.4, 0.5) is 10.1 Å². The Morgan fingerprint density at radius 3 is 2.38 bits per heavy atom. The largest absolute Gasteiger partial charge is 0.477 e. The van der Waals surface area contributed by atoms with E-state index in [1.807, 2.05) is 11.8 Å². The fraction of sp³-hybridized carbons (Fsp3) is 0.500. The Balaban J connectivity index is 1.06. The summed E-state index contributed by atoms with van der Waals surface area (Å²) in [7, 11) is 0. The average molecular weight is 677 g/mol. The number of amides is 1. The van der Waals surface area contributed by atoms with E-state index in [1.165, 1.54) is 34.6 Å². The van der Waals surface area contributed by atoms with Crippen LogP contribution in [0.1, 0.15) is 43.1 Å². The number of anilines is 1. The van der Waals surface area contributed by atoms with Crippen LogP contribution in [0.25, 0.3) is 10.9 Å². The second-order valence-corrected chi connectivity index (χ2v) is 14.7. The summed E-state index contributed by atoms with van der Waals surface area (Å²) in [6, 6.07) is 2.56. The van der Waals surface area contributed by atoms with E-state index >= 15 is 4.39 Å². The SMILES string of the molecule is C[C@@H]1C(SCCSC(=S)N2CCN(c3cc4c(cc3F)c(=O)c(C(=O)O)cn4C3CC3)CC2)=C(C(=O)O)N2C(=O)[C@@H]([C@@H](C)O)[C@H]12. The first-order chi connectivity index (χ1) is 21.4. The molecule has 1 aromatic carbocycles. The Bertz CT molecular complexity index is 1700. The lowest BCUT2D eigenvalue weighted by Crippen LogP contribution is -2.63. The van der Waals surface area contributed by atoms with Crippen LogP contribution in [-0.4, -0.2) is 102 Å². The quantitative estimate of drug-likeness (QED) is 0.204. The molecule has 0 spiro atoms. The number of aliphatic carboxylic acids is 1. The minimum atomic E-state index is -1.33. The predicted octanol–water partition coefficient (Wildman–Crippen LogP) is 3.20. The minimum absolute atomic E-state index is 0.0143. The number of nitrogens with zero attached hydrogens (tertiary/aromatic N) is 4. The summed E-state index contributed by atoms with van der Waals surface area (Å²) in [5.74, 6) is -2.96. The number of β-lactam (4-membered cyclic amide) rings is 1. The van der Waals surface area contributed by atoms with Gasteiger partial charge in [-0.1, -0.05) is 30.9 Å². The highest BCUT2D eigenvalue weighted by molar-refractivity contribution is 8.23. The van der Waals surface area contributed by atoms with E-state index in [0.29, 0.717) is 58.1 Å². The number of benzene rings is 1. The molecule has 6 rings (SSSR count). The van der Waals surface area contributed by atoms with Gasteiger partial charge in [-0.15, -0.1) is 11.8 Å². The number of carbonyl (C=O) groups excluding carboxylic acids is 1. The van der Waals surface area contributed by atoms with Crippen LogP contribution in [0.2, 0.25) is 0 Å². The van der Waals surface area contributed by atoms with E-state index in [4.69, 9.17) is 12.2 Å². The van der Waals surface area contributed by atoms with Crippen LogP contribution in [0.5, 0.6) is 0 Å². The fourth-order valence-electron chi connectivity index (χ4n) is 6.63. The topological polar surface area (TPSA) is 144 Å². The third-order valence-corrected chi connectivity index (χ3v) is 12.1. The molecule has 0 radical (unpaired) electrons. The van der Waals surface area contributed by atoms with E-state index in [9.17, 15) is 34.5 Å². The monoisotopic (exact) mass is 676 g/mol. The number of rotatable bonds is 9. The molecule has 4 atom stereocenters. The van der Waals surface area contributed by atoms with Gasteiger partial charge in [-0.2, -0.15) is 0 Å². The van der Waals surface area contributed by atoms with Crippen LogP contribution in [-0.2, 0) is 9.59 Å². The van der Waals surface area contributed by atoms with Crippen molar-refractivity contribution >= 4 is 74.5 Å². The van der Waals surface area contributed by atoms with Crippen molar-refractivity contribution in [1.82, 2.24) is 14.4 Å². The molecule has 240 valence electrons. The van der Waals surface area contributed by atoms with E-state index in [0.717, 1.165) is 18.9 Å². The Morgan fingerprint density at radius 1 is 1.09 bits per heavy atom. The number of pyridine rings is 1. The molecule has 45 heavy (non-hydrogen) atoms. The Hall–Kier alpha value is -3.14. The zero-order chi connectivity index (χ0) is 32.3. The average Bonchev–Trinajstić information content (AvgIpc) is 3.80. The molecule has 1 aromatic heterocycles. The van der Waals surface area contributed by atoms with Crippen LogP contribution < -0.4 is 10.3 Å². The summed E-state index contributed by atoms with van der Waals surface area (Å²) in [5, 5.41) is 29.4. The summed E-state index contributed by atoms with van der Waals surface area (Å²) in [5.41, 5.74) is -0.140. The number of carboxylic acid groups (broad SMARTS) is 2. The second kappa shape index (κ2) is 12.2.